The molecule has 2 aromatic rings. The van der Waals surface area contributed by atoms with Crippen molar-refractivity contribution >= 4 is 5.91 Å². The number of hydrogen-bond donors (Lipinski definition) is 2. The van der Waals surface area contributed by atoms with Crippen molar-refractivity contribution < 1.29 is 36.6 Å². The van der Waals surface area contributed by atoms with E-state index in [1.165, 1.54) is 24.3 Å². The number of ether oxygens (including phenoxy) is 3. The van der Waals surface area contributed by atoms with Crippen LogP contribution in [0.25, 0.3) is 11.1 Å². The highest BCUT2D eigenvalue weighted by molar-refractivity contribution is 5.93. The predicted octanol–water partition coefficient (Wildman–Crippen LogP) is 2.29. The van der Waals surface area contributed by atoms with Crippen molar-refractivity contribution in [2.75, 3.05) is 26.5 Å². The number of primary amides is 1. The Morgan fingerprint density at radius 3 is 2.33 bits per heavy atom. The molecule has 1 amide bonds. The van der Waals surface area contributed by atoms with E-state index in [9.17, 15) is 27.2 Å². The first kappa shape index (κ1) is 21.8. The maximum Gasteiger partial charge on any atom is 0.431 e. The van der Waals surface area contributed by atoms with E-state index in [2.05, 4.69) is 0 Å². The largest absolute Gasteiger partial charge is 0.491 e. The van der Waals surface area contributed by atoms with Gasteiger partial charge in [-0.1, -0.05) is 12.1 Å². The SMILES string of the molecule is NC(=O)c1cc(-c2ccc(OCC3COC(CF)CO3)cc2)c(C(F)(F)F)[nH]c1=O. The van der Waals surface area contributed by atoms with E-state index < -0.39 is 53.3 Å². The Bertz CT molecular complexity index is 951. The molecule has 11 heteroatoms. The number of nitrogens with one attached hydrogen (secondary N) is 1. The number of carbonyl (C=O) groups excluding carboxylic acids is 1. The van der Waals surface area contributed by atoms with Crippen LogP contribution in [-0.2, 0) is 15.7 Å². The molecule has 162 valence electrons. The van der Waals surface area contributed by atoms with Gasteiger partial charge in [-0.2, -0.15) is 13.2 Å². The lowest BCUT2D eigenvalue weighted by atomic mass is 10.0. The van der Waals surface area contributed by atoms with Crippen molar-refractivity contribution in [1.82, 2.24) is 4.98 Å². The molecule has 0 spiro atoms. The van der Waals surface area contributed by atoms with Gasteiger partial charge in [0, 0.05) is 5.56 Å². The molecule has 0 radical (unpaired) electrons. The zero-order valence-electron chi connectivity index (χ0n) is 15.5. The number of halogens is 4. The standard InChI is InChI=1S/C19H18F4N2O5/c20-6-12-7-30-13(9-29-12)8-28-11-3-1-10(2-4-11)14-5-15(17(24)26)18(27)25-16(14)19(21,22)23/h1-5,12-13H,6-9H2,(H2,24,26)(H,25,27). The maximum atomic E-state index is 13.3. The number of alkyl halides is 4. The highest BCUT2D eigenvalue weighted by Crippen LogP contribution is 2.35. The number of nitrogens with two attached hydrogens (primary N) is 1. The molecule has 2 atom stereocenters. The first-order chi connectivity index (χ1) is 14.2. The fourth-order valence-electron chi connectivity index (χ4n) is 2.85. The number of benzene rings is 1. The van der Waals surface area contributed by atoms with E-state index in [4.69, 9.17) is 19.9 Å². The summed E-state index contributed by atoms with van der Waals surface area (Å²) in [7, 11) is 0. The minimum Gasteiger partial charge on any atom is -0.491 e. The summed E-state index contributed by atoms with van der Waals surface area (Å²) in [6.45, 7) is -0.263. The molecule has 2 unspecified atom stereocenters. The van der Waals surface area contributed by atoms with Crippen molar-refractivity contribution in [3.05, 3.63) is 51.9 Å². The zero-order valence-corrected chi connectivity index (χ0v) is 15.5. The molecular weight excluding hydrogens is 412 g/mol. The van der Waals surface area contributed by atoms with Crippen molar-refractivity contribution in [2.45, 2.75) is 18.4 Å². The van der Waals surface area contributed by atoms with Crippen LogP contribution in [0, 0.1) is 0 Å². The van der Waals surface area contributed by atoms with Crippen LogP contribution < -0.4 is 16.0 Å². The summed E-state index contributed by atoms with van der Waals surface area (Å²) >= 11 is 0. The zero-order chi connectivity index (χ0) is 21.9. The average molecular weight is 430 g/mol. The van der Waals surface area contributed by atoms with Gasteiger partial charge < -0.3 is 24.9 Å². The van der Waals surface area contributed by atoms with E-state index in [0.717, 1.165) is 6.07 Å². The number of aromatic nitrogens is 1. The van der Waals surface area contributed by atoms with Crippen LogP contribution in [0.2, 0.25) is 0 Å². The molecular formula is C19H18F4N2O5. The molecule has 1 aromatic heterocycles. The van der Waals surface area contributed by atoms with E-state index in [0.29, 0.717) is 5.75 Å². The van der Waals surface area contributed by atoms with Gasteiger partial charge in [0.05, 0.1) is 13.2 Å². The summed E-state index contributed by atoms with van der Waals surface area (Å²) < 4.78 is 68.7. The third-order valence-electron chi connectivity index (χ3n) is 4.40. The number of amides is 1. The smallest absolute Gasteiger partial charge is 0.431 e. The molecule has 3 N–H and O–H groups in total. The molecule has 1 fully saturated rings. The van der Waals surface area contributed by atoms with Crippen LogP contribution >= 0.6 is 0 Å². The highest BCUT2D eigenvalue weighted by Gasteiger charge is 2.36. The Morgan fingerprint density at radius 2 is 1.80 bits per heavy atom. The van der Waals surface area contributed by atoms with Crippen LogP contribution in [0.1, 0.15) is 16.1 Å². The number of aromatic amines is 1. The van der Waals surface area contributed by atoms with Crippen molar-refractivity contribution in [3.8, 4) is 16.9 Å². The van der Waals surface area contributed by atoms with Crippen molar-refractivity contribution in [3.63, 3.8) is 0 Å². The van der Waals surface area contributed by atoms with Crippen LogP contribution in [-0.4, -0.2) is 49.6 Å². The Morgan fingerprint density at radius 1 is 1.17 bits per heavy atom. The minimum atomic E-state index is -4.85. The third kappa shape index (κ3) is 4.97. The number of H-pyrrole nitrogens is 1. The minimum absolute atomic E-state index is 0.0939. The molecule has 3 rings (SSSR count). The normalized spacial score (nSPS) is 19.5. The van der Waals surface area contributed by atoms with Gasteiger partial charge in [0.1, 0.15) is 42.5 Å². The van der Waals surface area contributed by atoms with Gasteiger partial charge in [-0.3, -0.25) is 9.59 Å². The Labute approximate surface area is 167 Å². The second-order valence-electron chi connectivity index (χ2n) is 6.56. The van der Waals surface area contributed by atoms with Gasteiger partial charge in [-0.25, -0.2) is 4.39 Å². The summed E-state index contributed by atoms with van der Waals surface area (Å²) in [5.74, 6) is -0.793. The topological polar surface area (TPSA) is 104 Å². The van der Waals surface area contributed by atoms with Gasteiger partial charge in [0.15, 0.2) is 0 Å². The number of hydrogen-bond acceptors (Lipinski definition) is 5. The van der Waals surface area contributed by atoms with Crippen LogP contribution in [0.3, 0.4) is 0 Å². The summed E-state index contributed by atoms with van der Waals surface area (Å²) in [5, 5.41) is 0. The molecule has 7 nitrogen and oxygen atoms in total. The molecule has 2 heterocycles. The summed E-state index contributed by atoms with van der Waals surface area (Å²) in [4.78, 5) is 24.8. The van der Waals surface area contributed by atoms with Gasteiger partial charge in [-0.05, 0) is 23.8 Å². The molecule has 0 bridgehead atoms. The van der Waals surface area contributed by atoms with E-state index in [1.54, 1.807) is 4.98 Å². The molecule has 0 aliphatic carbocycles. The number of carbonyl (C=O) groups is 1. The lowest BCUT2D eigenvalue weighted by molar-refractivity contribution is -0.146. The first-order valence-corrected chi connectivity index (χ1v) is 8.85. The fraction of sp³-hybridized carbons (Fsp3) is 0.368. The van der Waals surface area contributed by atoms with Crippen LogP contribution in [0.15, 0.2) is 35.1 Å². The lowest BCUT2D eigenvalue weighted by Gasteiger charge is -2.27. The Balaban J connectivity index is 1.78. The van der Waals surface area contributed by atoms with Gasteiger partial charge in [0.2, 0.25) is 0 Å². The fourth-order valence-corrected chi connectivity index (χ4v) is 2.85. The molecule has 1 aliphatic rings. The summed E-state index contributed by atoms with van der Waals surface area (Å²) in [6.07, 6.45) is -5.84. The quantitative estimate of drug-likeness (QED) is 0.685. The number of rotatable bonds is 6. The molecule has 1 aromatic carbocycles. The monoisotopic (exact) mass is 430 g/mol. The highest BCUT2D eigenvalue weighted by atomic mass is 19.4. The molecule has 1 saturated heterocycles. The second-order valence-corrected chi connectivity index (χ2v) is 6.56. The van der Waals surface area contributed by atoms with Crippen LogP contribution in [0.5, 0.6) is 5.75 Å². The van der Waals surface area contributed by atoms with E-state index in [-0.39, 0.29) is 25.4 Å². The van der Waals surface area contributed by atoms with Gasteiger partial charge in [0.25, 0.3) is 11.5 Å². The van der Waals surface area contributed by atoms with Crippen LogP contribution in [0.4, 0.5) is 17.6 Å². The first-order valence-electron chi connectivity index (χ1n) is 8.85. The average Bonchev–Trinajstić information content (AvgIpc) is 2.72. The van der Waals surface area contributed by atoms with Crippen molar-refractivity contribution in [2.24, 2.45) is 5.73 Å². The Hall–Kier alpha value is -2.92. The molecule has 0 saturated carbocycles. The Kier molecular flexibility index (Phi) is 6.42. The second kappa shape index (κ2) is 8.84. The van der Waals surface area contributed by atoms with E-state index in [1.807, 2.05) is 0 Å². The number of pyridine rings is 1. The maximum absolute atomic E-state index is 13.3. The van der Waals surface area contributed by atoms with E-state index >= 15 is 0 Å². The predicted molar refractivity (Wildman–Crippen MR) is 97.0 cm³/mol. The summed E-state index contributed by atoms with van der Waals surface area (Å²) in [6, 6.07) is 6.37. The lowest BCUT2D eigenvalue weighted by Crippen LogP contribution is -2.39. The van der Waals surface area contributed by atoms with Gasteiger partial charge >= 0.3 is 6.18 Å². The summed E-state index contributed by atoms with van der Waals surface area (Å²) in [5.41, 5.74) is 1.67. The third-order valence-corrected chi connectivity index (χ3v) is 4.40. The molecule has 30 heavy (non-hydrogen) atoms. The van der Waals surface area contributed by atoms with Crippen molar-refractivity contribution in [1.29, 1.82) is 0 Å². The van der Waals surface area contributed by atoms with Gasteiger partial charge in [-0.15, -0.1) is 0 Å². The molecule has 1 aliphatic heterocycles.